The highest BCUT2D eigenvalue weighted by molar-refractivity contribution is 5.71. The first-order valence-corrected chi connectivity index (χ1v) is 6.14. The maximum absolute atomic E-state index is 12.8. The summed E-state index contributed by atoms with van der Waals surface area (Å²) in [5, 5.41) is 0. The minimum Gasteiger partial charge on any atom is -0.460 e. The molecule has 0 aliphatic rings. The van der Waals surface area contributed by atoms with E-state index in [0.29, 0.717) is 0 Å². The molecule has 2 N–H and O–H groups in total. The molecule has 0 aliphatic carbocycles. The number of ether oxygens (including phenoxy) is 1. The van der Waals surface area contributed by atoms with Crippen molar-refractivity contribution in [2.75, 3.05) is 0 Å². The monoisotopic (exact) mass is 289 g/mol. The Morgan fingerprint density at radius 1 is 1.25 bits per heavy atom. The number of hydrogen-bond donors (Lipinski definition) is 1. The molecule has 0 fully saturated rings. The molecule has 0 amide bonds. The van der Waals surface area contributed by atoms with E-state index in [4.69, 9.17) is 10.5 Å². The van der Waals surface area contributed by atoms with Crippen LogP contribution in [0.25, 0.3) is 0 Å². The SMILES string of the molecule is CC(C)(C)OC(=O)C[C@H](N)c1ccccc1C(F)(F)F. The van der Waals surface area contributed by atoms with Crippen molar-refractivity contribution in [2.24, 2.45) is 5.73 Å². The zero-order valence-corrected chi connectivity index (χ0v) is 11.6. The van der Waals surface area contributed by atoms with Crippen LogP contribution >= 0.6 is 0 Å². The Morgan fingerprint density at radius 2 is 1.80 bits per heavy atom. The normalized spacial score (nSPS) is 13.9. The smallest absolute Gasteiger partial charge is 0.416 e. The summed E-state index contributed by atoms with van der Waals surface area (Å²) in [6.07, 6.45) is -4.80. The second kappa shape index (κ2) is 5.83. The molecule has 0 unspecified atom stereocenters. The Balaban J connectivity index is 2.88. The Morgan fingerprint density at radius 3 is 2.30 bits per heavy atom. The summed E-state index contributed by atoms with van der Waals surface area (Å²) in [4.78, 5) is 11.6. The van der Waals surface area contributed by atoms with Crippen molar-refractivity contribution in [1.82, 2.24) is 0 Å². The van der Waals surface area contributed by atoms with Crippen LogP contribution < -0.4 is 5.73 Å². The Labute approximate surface area is 115 Å². The molecule has 3 nitrogen and oxygen atoms in total. The van der Waals surface area contributed by atoms with E-state index < -0.39 is 29.4 Å². The molecule has 0 aromatic heterocycles. The summed E-state index contributed by atoms with van der Waals surface area (Å²) in [5.74, 6) is -0.623. The van der Waals surface area contributed by atoms with Gasteiger partial charge >= 0.3 is 12.1 Å². The first kappa shape index (κ1) is 16.5. The lowest BCUT2D eigenvalue weighted by Crippen LogP contribution is -2.27. The second-order valence-electron chi connectivity index (χ2n) is 5.48. The standard InChI is InChI=1S/C14H18F3NO2/c1-13(2,3)20-12(19)8-11(18)9-6-4-5-7-10(9)14(15,16)17/h4-7,11H,8,18H2,1-3H3/t11-/m0/s1. The van der Waals surface area contributed by atoms with Crippen molar-refractivity contribution in [3.8, 4) is 0 Å². The zero-order valence-electron chi connectivity index (χ0n) is 11.6. The highest BCUT2D eigenvalue weighted by atomic mass is 19.4. The van der Waals surface area contributed by atoms with Crippen LogP contribution in [0.2, 0.25) is 0 Å². The summed E-state index contributed by atoms with van der Waals surface area (Å²) in [7, 11) is 0. The predicted octanol–water partition coefficient (Wildman–Crippen LogP) is 3.44. The van der Waals surface area contributed by atoms with Crippen LogP contribution in [0.5, 0.6) is 0 Å². The summed E-state index contributed by atoms with van der Waals surface area (Å²) in [6, 6.07) is 3.91. The molecule has 0 saturated heterocycles. The van der Waals surface area contributed by atoms with Crippen molar-refractivity contribution < 1.29 is 22.7 Å². The molecule has 1 aromatic rings. The van der Waals surface area contributed by atoms with Crippen molar-refractivity contribution in [1.29, 1.82) is 0 Å². The average molecular weight is 289 g/mol. The van der Waals surface area contributed by atoms with Gasteiger partial charge in [0.1, 0.15) is 5.60 Å². The van der Waals surface area contributed by atoms with Crippen molar-refractivity contribution in [3.05, 3.63) is 35.4 Å². The fraction of sp³-hybridized carbons (Fsp3) is 0.500. The van der Waals surface area contributed by atoms with E-state index in [2.05, 4.69) is 0 Å². The van der Waals surface area contributed by atoms with E-state index in [1.165, 1.54) is 18.2 Å². The summed E-state index contributed by atoms with van der Waals surface area (Å²) >= 11 is 0. The molecule has 0 radical (unpaired) electrons. The van der Waals surface area contributed by atoms with Gasteiger partial charge in [0, 0.05) is 6.04 Å². The van der Waals surface area contributed by atoms with Gasteiger partial charge < -0.3 is 10.5 Å². The molecule has 0 aliphatic heterocycles. The second-order valence-corrected chi connectivity index (χ2v) is 5.48. The van der Waals surface area contributed by atoms with Gasteiger partial charge in [0.2, 0.25) is 0 Å². The largest absolute Gasteiger partial charge is 0.460 e. The minimum absolute atomic E-state index is 0.106. The van der Waals surface area contributed by atoms with Crippen molar-refractivity contribution >= 4 is 5.97 Å². The molecular formula is C14H18F3NO2. The number of carbonyl (C=O) groups excluding carboxylic acids is 1. The Hall–Kier alpha value is -1.56. The van der Waals surface area contributed by atoms with Crippen molar-refractivity contribution in [2.45, 2.75) is 45.0 Å². The molecule has 112 valence electrons. The van der Waals surface area contributed by atoms with Gasteiger partial charge in [-0.25, -0.2) is 0 Å². The summed E-state index contributed by atoms with van der Waals surface area (Å²) < 4.78 is 43.6. The van der Waals surface area contributed by atoms with Crippen LogP contribution in [0.4, 0.5) is 13.2 Å². The third-order valence-corrected chi connectivity index (χ3v) is 2.47. The minimum atomic E-state index is -4.50. The van der Waals surface area contributed by atoms with E-state index in [1.807, 2.05) is 0 Å². The van der Waals surface area contributed by atoms with Crippen molar-refractivity contribution in [3.63, 3.8) is 0 Å². The first-order chi connectivity index (χ1) is 9.00. The third kappa shape index (κ3) is 4.85. The number of hydrogen-bond acceptors (Lipinski definition) is 3. The van der Waals surface area contributed by atoms with Gasteiger partial charge in [0.25, 0.3) is 0 Å². The highest BCUT2D eigenvalue weighted by Crippen LogP contribution is 2.34. The molecule has 1 atom stereocenters. The van der Waals surface area contributed by atoms with Gasteiger partial charge in [0.05, 0.1) is 12.0 Å². The van der Waals surface area contributed by atoms with E-state index in [9.17, 15) is 18.0 Å². The van der Waals surface area contributed by atoms with E-state index >= 15 is 0 Å². The van der Waals surface area contributed by atoms with Crippen LogP contribution in [0.15, 0.2) is 24.3 Å². The number of nitrogens with two attached hydrogens (primary N) is 1. The Bertz CT molecular complexity index is 478. The zero-order chi connectivity index (χ0) is 15.6. The molecule has 1 aromatic carbocycles. The molecule has 0 heterocycles. The molecule has 0 saturated carbocycles. The van der Waals surface area contributed by atoms with Gasteiger partial charge in [-0.05, 0) is 32.4 Å². The molecule has 6 heteroatoms. The molecule has 1 rings (SSSR count). The molecule has 0 bridgehead atoms. The number of carbonyl (C=O) groups is 1. The van der Waals surface area contributed by atoms with Crippen LogP contribution in [0.3, 0.4) is 0 Å². The van der Waals surface area contributed by atoms with Crippen LogP contribution in [-0.4, -0.2) is 11.6 Å². The van der Waals surface area contributed by atoms with Crippen LogP contribution in [0, 0.1) is 0 Å². The lowest BCUT2D eigenvalue weighted by Gasteiger charge is -2.22. The lowest BCUT2D eigenvalue weighted by atomic mass is 9.98. The maximum Gasteiger partial charge on any atom is 0.416 e. The maximum atomic E-state index is 12.8. The molecule has 20 heavy (non-hydrogen) atoms. The fourth-order valence-corrected chi connectivity index (χ4v) is 1.75. The van der Waals surface area contributed by atoms with E-state index in [0.717, 1.165) is 6.07 Å². The number of esters is 1. The number of rotatable bonds is 3. The third-order valence-electron chi connectivity index (χ3n) is 2.47. The average Bonchev–Trinajstić information content (AvgIpc) is 2.25. The first-order valence-electron chi connectivity index (χ1n) is 6.14. The summed E-state index contributed by atoms with van der Waals surface area (Å²) in [6.45, 7) is 5.04. The predicted molar refractivity (Wildman–Crippen MR) is 68.8 cm³/mol. The molecular weight excluding hydrogens is 271 g/mol. The lowest BCUT2D eigenvalue weighted by molar-refractivity contribution is -0.155. The van der Waals surface area contributed by atoms with E-state index in [-0.39, 0.29) is 12.0 Å². The van der Waals surface area contributed by atoms with Gasteiger partial charge in [-0.2, -0.15) is 13.2 Å². The summed E-state index contributed by atoms with van der Waals surface area (Å²) in [5.41, 5.74) is 4.09. The highest BCUT2D eigenvalue weighted by Gasteiger charge is 2.34. The van der Waals surface area contributed by atoms with E-state index in [1.54, 1.807) is 20.8 Å². The number of halogens is 3. The quantitative estimate of drug-likeness (QED) is 0.867. The Kier molecular flexibility index (Phi) is 4.81. The molecule has 0 spiro atoms. The fourth-order valence-electron chi connectivity index (χ4n) is 1.75. The number of alkyl halides is 3. The van der Waals surface area contributed by atoms with Gasteiger partial charge in [0.15, 0.2) is 0 Å². The van der Waals surface area contributed by atoms with Gasteiger partial charge in [-0.1, -0.05) is 18.2 Å². The topological polar surface area (TPSA) is 52.3 Å². The van der Waals surface area contributed by atoms with Crippen LogP contribution in [0.1, 0.15) is 44.4 Å². The number of benzene rings is 1. The van der Waals surface area contributed by atoms with Gasteiger partial charge in [-0.15, -0.1) is 0 Å². The van der Waals surface area contributed by atoms with Gasteiger partial charge in [-0.3, -0.25) is 4.79 Å². The van der Waals surface area contributed by atoms with Crippen LogP contribution in [-0.2, 0) is 15.7 Å².